The van der Waals surface area contributed by atoms with Crippen LogP contribution in [0.5, 0.6) is 11.5 Å². The van der Waals surface area contributed by atoms with Crippen molar-refractivity contribution in [2.45, 2.75) is 50.4 Å². The van der Waals surface area contributed by atoms with Gasteiger partial charge in [-0.2, -0.15) is 22.8 Å². The van der Waals surface area contributed by atoms with Gasteiger partial charge in [-0.05, 0) is 43.4 Å². The van der Waals surface area contributed by atoms with E-state index in [4.69, 9.17) is 5.11 Å². The van der Waals surface area contributed by atoms with E-state index in [1.54, 1.807) is 0 Å². The second kappa shape index (κ2) is 8.12. The maximum atomic E-state index is 12.6. The quantitative estimate of drug-likeness (QED) is 0.588. The summed E-state index contributed by atoms with van der Waals surface area (Å²) in [6.07, 6.45) is -1.02. The molecule has 0 bridgehead atoms. The second-order valence-electron chi connectivity index (χ2n) is 5.70. The van der Waals surface area contributed by atoms with Gasteiger partial charge in [-0.15, -0.1) is 0 Å². The number of rotatable bonds is 6. The zero-order valence-corrected chi connectivity index (χ0v) is 13.3. The number of benzene rings is 1. The van der Waals surface area contributed by atoms with E-state index in [1.807, 2.05) is 0 Å². The number of halogens is 4. The fourth-order valence-corrected chi connectivity index (χ4v) is 3.00. The normalized spacial score (nSPS) is 22.7. The van der Waals surface area contributed by atoms with Crippen molar-refractivity contribution in [2.75, 3.05) is 0 Å². The lowest BCUT2D eigenvalue weighted by Crippen LogP contribution is -2.34. The van der Waals surface area contributed by atoms with E-state index in [1.165, 1.54) is 6.07 Å². The molecule has 10 heteroatoms. The number of carboxylic acid groups (broad SMARTS) is 1. The number of carbonyl (C=O) groups is 1. The Morgan fingerprint density at radius 3 is 2.23 bits per heavy atom. The lowest BCUT2D eigenvalue weighted by molar-refractivity contribution is -0.0693. The molecule has 0 heterocycles. The Morgan fingerprint density at radius 2 is 1.73 bits per heavy atom. The van der Waals surface area contributed by atoms with Gasteiger partial charge in [-0.25, -0.2) is 4.79 Å². The Balaban J connectivity index is 2.28. The molecule has 1 aromatic carbocycles. The van der Waals surface area contributed by atoms with Crippen molar-refractivity contribution in [3.05, 3.63) is 23.8 Å². The predicted octanol–water partition coefficient (Wildman–Crippen LogP) is 4.29. The van der Waals surface area contributed by atoms with E-state index in [0.29, 0.717) is 5.56 Å². The maximum absolute atomic E-state index is 12.6. The highest BCUT2D eigenvalue weighted by molar-refractivity contribution is 5.57. The molecule has 0 radical (unpaired) electrons. The molecule has 1 N–H and O–H groups in total. The van der Waals surface area contributed by atoms with Crippen molar-refractivity contribution >= 4 is 6.16 Å². The largest absolute Gasteiger partial charge is 0.506 e. The number of hydrogen-bond acceptors (Lipinski definition) is 5. The summed E-state index contributed by atoms with van der Waals surface area (Å²) in [7, 11) is 0. The van der Waals surface area contributed by atoms with Crippen LogP contribution in [0.3, 0.4) is 0 Å². The molecule has 1 aliphatic carbocycles. The average molecular weight is 377 g/mol. The van der Waals surface area contributed by atoms with Gasteiger partial charge in [0.15, 0.2) is 11.5 Å². The summed E-state index contributed by atoms with van der Waals surface area (Å²) in [6.45, 7) is -6.49. The Labute approximate surface area is 145 Å². The molecule has 0 aliphatic heterocycles. The van der Waals surface area contributed by atoms with Gasteiger partial charge >= 0.3 is 19.4 Å². The fourth-order valence-electron chi connectivity index (χ4n) is 3.00. The number of alkyl halides is 4. The van der Waals surface area contributed by atoms with Crippen LogP contribution in [0, 0.1) is 11.3 Å². The molecule has 1 saturated carbocycles. The fraction of sp³-hybridized carbons (Fsp3) is 0.500. The first-order chi connectivity index (χ1) is 12.3. The molecule has 1 aliphatic rings. The summed E-state index contributed by atoms with van der Waals surface area (Å²) in [5.41, 5.74) is -0.798. The third-order valence-corrected chi connectivity index (χ3v) is 4.20. The summed E-state index contributed by atoms with van der Waals surface area (Å²) in [6, 6.07) is 5.56. The van der Waals surface area contributed by atoms with Crippen LogP contribution in [0.2, 0.25) is 0 Å². The highest BCUT2D eigenvalue weighted by atomic mass is 19.3. The van der Waals surface area contributed by atoms with E-state index in [-0.39, 0.29) is 25.7 Å². The monoisotopic (exact) mass is 377 g/mol. The summed E-state index contributed by atoms with van der Waals surface area (Å²) in [4.78, 5) is 10.6. The molecule has 2 rings (SSSR count). The Kier molecular flexibility index (Phi) is 6.13. The number of nitriles is 1. The lowest BCUT2D eigenvalue weighted by atomic mass is 9.69. The van der Waals surface area contributed by atoms with Crippen molar-refractivity contribution in [2.24, 2.45) is 0 Å². The predicted molar refractivity (Wildman–Crippen MR) is 78.4 cm³/mol. The standard InChI is InChI=1S/C16H15F4NO5/c17-13(18)25-11-2-1-9(7-12(11)26-14(19)20)16(8-21)5-3-10(4-6-16)24-15(22)23/h1-2,7,10,13-14H,3-6H2,(H,22,23)/t10-,16-. The summed E-state index contributed by atoms with van der Waals surface area (Å²) in [5, 5.41) is 18.2. The van der Waals surface area contributed by atoms with Crippen molar-refractivity contribution in [1.82, 2.24) is 0 Å². The van der Waals surface area contributed by atoms with E-state index >= 15 is 0 Å². The molecular weight excluding hydrogens is 362 g/mol. The minimum atomic E-state index is -3.26. The third kappa shape index (κ3) is 4.68. The first-order valence-corrected chi connectivity index (χ1v) is 7.61. The van der Waals surface area contributed by atoms with Gasteiger partial charge in [-0.1, -0.05) is 6.07 Å². The van der Waals surface area contributed by atoms with Crippen LogP contribution in [-0.2, 0) is 10.2 Å². The zero-order valence-electron chi connectivity index (χ0n) is 13.3. The average Bonchev–Trinajstić information content (AvgIpc) is 2.56. The minimum absolute atomic E-state index is 0.213. The van der Waals surface area contributed by atoms with E-state index < -0.39 is 42.4 Å². The molecule has 1 fully saturated rings. The Morgan fingerprint density at radius 1 is 1.15 bits per heavy atom. The Hall–Kier alpha value is -2.70. The van der Waals surface area contributed by atoms with Crippen molar-refractivity contribution in [3.8, 4) is 17.6 Å². The maximum Gasteiger partial charge on any atom is 0.506 e. The molecule has 0 saturated heterocycles. The lowest BCUT2D eigenvalue weighted by Gasteiger charge is -2.34. The first-order valence-electron chi connectivity index (χ1n) is 7.61. The molecule has 6 nitrogen and oxygen atoms in total. The van der Waals surface area contributed by atoms with Crippen molar-refractivity contribution in [3.63, 3.8) is 0 Å². The van der Waals surface area contributed by atoms with E-state index in [9.17, 15) is 27.6 Å². The van der Waals surface area contributed by atoms with Crippen molar-refractivity contribution in [1.29, 1.82) is 5.26 Å². The summed E-state index contributed by atoms with van der Waals surface area (Å²) >= 11 is 0. The molecule has 0 unspecified atom stereocenters. The van der Waals surface area contributed by atoms with E-state index in [0.717, 1.165) is 12.1 Å². The molecular formula is C16H15F4NO5. The minimum Gasteiger partial charge on any atom is -0.450 e. The highest BCUT2D eigenvalue weighted by Gasteiger charge is 2.39. The van der Waals surface area contributed by atoms with Gasteiger partial charge in [0.2, 0.25) is 0 Å². The molecule has 0 amide bonds. The highest BCUT2D eigenvalue weighted by Crippen LogP contribution is 2.43. The number of nitrogens with zero attached hydrogens (tertiary/aromatic N) is 1. The second-order valence-corrected chi connectivity index (χ2v) is 5.70. The van der Waals surface area contributed by atoms with Gasteiger partial charge in [0.05, 0.1) is 11.5 Å². The van der Waals surface area contributed by atoms with Gasteiger partial charge in [-0.3, -0.25) is 0 Å². The molecule has 1 aromatic rings. The smallest absolute Gasteiger partial charge is 0.450 e. The van der Waals surface area contributed by atoms with Crippen LogP contribution in [0.4, 0.5) is 22.4 Å². The SMILES string of the molecule is N#C[C@]1(c2ccc(OC(F)F)c(OC(F)F)c2)CC[C@H](OC(=O)O)CC1. The van der Waals surface area contributed by atoms with Gasteiger partial charge in [0.25, 0.3) is 0 Å². The van der Waals surface area contributed by atoms with Gasteiger partial charge in [0.1, 0.15) is 6.10 Å². The van der Waals surface area contributed by atoms with Gasteiger partial charge < -0.3 is 19.3 Å². The molecule has 0 atom stereocenters. The Bertz CT molecular complexity index is 684. The summed E-state index contributed by atoms with van der Waals surface area (Å²) in [5.74, 6) is -1.17. The van der Waals surface area contributed by atoms with Crippen LogP contribution in [0.1, 0.15) is 31.2 Å². The topological polar surface area (TPSA) is 88.8 Å². The molecule has 0 aromatic heterocycles. The van der Waals surface area contributed by atoms with Crippen LogP contribution in [0.25, 0.3) is 0 Å². The third-order valence-electron chi connectivity index (χ3n) is 4.20. The van der Waals surface area contributed by atoms with Crippen LogP contribution in [0.15, 0.2) is 18.2 Å². The van der Waals surface area contributed by atoms with Gasteiger partial charge in [0, 0.05) is 0 Å². The van der Waals surface area contributed by atoms with E-state index in [2.05, 4.69) is 20.3 Å². The van der Waals surface area contributed by atoms with Crippen molar-refractivity contribution < 1.29 is 41.7 Å². The summed E-state index contributed by atoms with van der Waals surface area (Å²) < 4.78 is 63.0. The molecule has 26 heavy (non-hydrogen) atoms. The molecule has 142 valence electrons. The number of ether oxygens (including phenoxy) is 3. The zero-order chi connectivity index (χ0) is 19.3. The number of hydrogen-bond donors (Lipinski definition) is 1. The first kappa shape index (κ1) is 19.6. The molecule has 0 spiro atoms. The van der Waals surface area contributed by atoms with Crippen LogP contribution in [-0.4, -0.2) is 30.6 Å². The van der Waals surface area contributed by atoms with Crippen LogP contribution < -0.4 is 9.47 Å². The van der Waals surface area contributed by atoms with Crippen LogP contribution >= 0.6 is 0 Å².